The molecule has 2 rings (SSSR count). The minimum atomic E-state index is -0.637. The van der Waals surface area contributed by atoms with Crippen molar-refractivity contribution in [2.45, 2.75) is 38.9 Å². The van der Waals surface area contributed by atoms with E-state index in [-0.39, 0.29) is 6.10 Å². The van der Waals surface area contributed by atoms with Crippen LogP contribution in [0.3, 0.4) is 0 Å². The Morgan fingerprint density at radius 1 is 1.21 bits per heavy atom. The zero-order valence-electron chi connectivity index (χ0n) is 11.6. The van der Waals surface area contributed by atoms with Crippen LogP contribution in [0.2, 0.25) is 0 Å². The lowest BCUT2D eigenvalue weighted by Crippen LogP contribution is -2.21. The van der Waals surface area contributed by atoms with Gasteiger partial charge in [0.15, 0.2) is 11.5 Å². The molecule has 0 amide bonds. The van der Waals surface area contributed by atoms with Gasteiger partial charge < -0.3 is 19.3 Å². The van der Waals surface area contributed by atoms with Crippen molar-refractivity contribution in [3.05, 3.63) is 23.8 Å². The molecule has 0 aromatic heterocycles. The van der Waals surface area contributed by atoms with Gasteiger partial charge in [0, 0.05) is 13.0 Å². The molecule has 0 spiro atoms. The van der Waals surface area contributed by atoms with Crippen molar-refractivity contribution in [2.75, 3.05) is 19.8 Å². The predicted octanol–water partition coefficient (Wildman–Crippen LogP) is 2.70. The third-order valence-electron chi connectivity index (χ3n) is 3.25. The van der Waals surface area contributed by atoms with E-state index in [0.29, 0.717) is 25.6 Å². The first-order valence-electron chi connectivity index (χ1n) is 6.95. The van der Waals surface area contributed by atoms with Crippen molar-refractivity contribution < 1.29 is 19.3 Å². The van der Waals surface area contributed by atoms with Gasteiger partial charge in [-0.25, -0.2) is 0 Å². The molecular formula is C15H22O4. The molecule has 0 radical (unpaired) electrons. The Morgan fingerprint density at radius 2 is 1.95 bits per heavy atom. The molecule has 4 heteroatoms. The lowest BCUT2D eigenvalue weighted by Gasteiger charge is -2.22. The van der Waals surface area contributed by atoms with E-state index in [1.54, 1.807) is 0 Å². The molecular weight excluding hydrogens is 244 g/mol. The molecule has 1 heterocycles. The minimum Gasteiger partial charge on any atom is -0.490 e. The summed E-state index contributed by atoms with van der Waals surface area (Å²) >= 11 is 0. The maximum atomic E-state index is 10.4. The lowest BCUT2D eigenvalue weighted by molar-refractivity contribution is -0.0356. The highest BCUT2D eigenvalue weighted by Gasteiger charge is 2.21. The molecule has 1 aliphatic rings. The number of aliphatic hydroxyl groups is 1. The van der Waals surface area contributed by atoms with Crippen LogP contribution < -0.4 is 9.47 Å². The van der Waals surface area contributed by atoms with Crippen LogP contribution in [0.25, 0.3) is 0 Å². The highest BCUT2D eigenvalue weighted by Crippen LogP contribution is 2.33. The van der Waals surface area contributed by atoms with Crippen molar-refractivity contribution in [3.63, 3.8) is 0 Å². The van der Waals surface area contributed by atoms with E-state index in [0.717, 1.165) is 24.2 Å². The second kappa shape index (κ2) is 6.78. The van der Waals surface area contributed by atoms with Crippen LogP contribution in [0.1, 0.15) is 38.4 Å². The Bertz CT molecular complexity index is 405. The van der Waals surface area contributed by atoms with Crippen molar-refractivity contribution in [1.29, 1.82) is 0 Å². The van der Waals surface area contributed by atoms with Crippen molar-refractivity contribution in [1.82, 2.24) is 0 Å². The topological polar surface area (TPSA) is 47.9 Å². The van der Waals surface area contributed by atoms with Crippen LogP contribution in [0.15, 0.2) is 18.2 Å². The van der Waals surface area contributed by atoms with E-state index in [9.17, 15) is 5.11 Å². The van der Waals surface area contributed by atoms with E-state index in [1.165, 1.54) is 0 Å². The summed E-state index contributed by atoms with van der Waals surface area (Å²) in [7, 11) is 0. The van der Waals surface area contributed by atoms with Crippen LogP contribution in [0.5, 0.6) is 11.5 Å². The monoisotopic (exact) mass is 266 g/mol. The van der Waals surface area contributed by atoms with Gasteiger partial charge in [0.2, 0.25) is 0 Å². The normalized spacial score (nSPS) is 17.6. The summed E-state index contributed by atoms with van der Waals surface area (Å²) < 4.78 is 16.8. The molecule has 1 aromatic rings. The quantitative estimate of drug-likeness (QED) is 0.890. The van der Waals surface area contributed by atoms with Crippen LogP contribution in [-0.4, -0.2) is 31.0 Å². The van der Waals surface area contributed by atoms with Gasteiger partial charge in [0.1, 0.15) is 6.10 Å². The molecule has 0 saturated heterocycles. The first-order chi connectivity index (χ1) is 9.26. The van der Waals surface area contributed by atoms with Gasteiger partial charge in [-0.1, -0.05) is 13.0 Å². The Kier molecular flexibility index (Phi) is 5.05. The summed E-state index contributed by atoms with van der Waals surface area (Å²) in [6.45, 7) is 5.86. The van der Waals surface area contributed by atoms with Gasteiger partial charge in [-0.3, -0.25) is 0 Å². The predicted molar refractivity (Wildman–Crippen MR) is 72.7 cm³/mol. The van der Waals surface area contributed by atoms with Gasteiger partial charge in [-0.15, -0.1) is 0 Å². The van der Waals surface area contributed by atoms with Crippen molar-refractivity contribution >= 4 is 0 Å². The van der Waals surface area contributed by atoms with E-state index in [1.807, 2.05) is 32.0 Å². The number of fused-ring (bicyclic) bond motifs is 1. The summed E-state index contributed by atoms with van der Waals surface area (Å²) in [5, 5.41) is 10.4. The summed E-state index contributed by atoms with van der Waals surface area (Å²) in [5.74, 6) is 1.46. The van der Waals surface area contributed by atoms with Crippen molar-refractivity contribution in [2.24, 2.45) is 0 Å². The largest absolute Gasteiger partial charge is 0.490 e. The maximum Gasteiger partial charge on any atom is 0.161 e. The van der Waals surface area contributed by atoms with E-state index in [4.69, 9.17) is 14.2 Å². The fraction of sp³-hybridized carbons (Fsp3) is 0.600. The third kappa shape index (κ3) is 3.39. The van der Waals surface area contributed by atoms with Crippen LogP contribution in [-0.2, 0) is 4.74 Å². The summed E-state index contributed by atoms with van der Waals surface area (Å²) in [5.41, 5.74) is 0.810. The first-order valence-corrected chi connectivity index (χ1v) is 6.95. The molecule has 1 N–H and O–H groups in total. The number of hydrogen-bond acceptors (Lipinski definition) is 4. The second-order valence-corrected chi connectivity index (χ2v) is 4.60. The fourth-order valence-electron chi connectivity index (χ4n) is 2.22. The van der Waals surface area contributed by atoms with Gasteiger partial charge in [0.25, 0.3) is 0 Å². The Morgan fingerprint density at radius 3 is 2.63 bits per heavy atom. The highest BCUT2D eigenvalue weighted by molar-refractivity contribution is 5.44. The number of rotatable bonds is 5. The second-order valence-electron chi connectivity index (χ2n) is 4.60. The fourth-order valence-corrected chi connectivity index (χ4v) is 2.22. The number of benzene rings is 1. The number of aliphatic hydroxyl groups excluding tert-OH is 1. The van der Waals surface area contributed by atoms with Gasteiger partial charge in [-0.2, -0.15) is 0 Å². The standard InChI is InChI=1S/C15H22O4/c1-3-12(17-4-2)15(16)11-6-7-13-14(10-11)19-9-5-8-18-13/h6-7,10,12,15-16H,3-5,8-9H2,1-2H3. The lowest BCUT2D eigenvalue weighted by atomic mass is 10.0. The summed E-state index contributed by atoms with van der Waals surface area (Å²) in [6.07, 6.45) is 0.823. The smallest absolute Gasteiger partial charge is 0.161 e. The number of hydrogen-bond donors (Lipinski definition) is 1. The molecule has 1 aromatic carbocycles. The summed E-state index contributed by atoms with van der Waals surface area (Å²) in [4.78, 5) is 0. The Labute approximate surface area is 114 Å². The van der Waals surface area contributed by atoms with Gasteiger partial charge in [-0.05, 0) is 31.0 Å². The van der Waals surface area contributed by atoms with Crippen molar-refractivity contribution in [3.8, 4) is 11.5 Å². The Hall–Kier alpha value is -1.26. The molecule has 2 atom stereocenters. The molecule has 0 bridgehead atoms. The average Bonchev–Trinajstić information content (AvgIpc) is 2.68. The van der Waals surface area contributed by atoms with Gasteiger partial charge in [0.05, 0.1) is 19.3 Å². The molecule has 2 unspecified atom stereocenters. The van der Waals surface area contributed by atoms with Crippen LogP contribution >= 0.6 is 0 Å². The molecule has 1 aliphatic heterocycles. The molecule has 0 aliphatic carbocycles. The van der Waals surface area contributed by atoms with E-state index in [2.05, 4.69) is 0 Å². The zero-order valence-corrected chi connectivity index (χ0v) is 11.6. The SMILES string of the molecule is CCOC(CC)C(O)c1ccc2c(c1)OCCCO2. The molecule has 19 heavy (non-hydrogen) atoms. The molecule has 4 nitrogen and oxygen atoms in total. The molecule has 0 fully saturated rings. The zero-order chi connectivity index (χ0) is 13.7. The first kappa shape index (κ1) is 14.2. The summed E-state index contributed by atoms with van der Waals surface area (Å²) in [6, 6.07) is 5.59. The minimum absolute atomic E-state index is 0.185. The third-order valence-corrected chi connectivity index (χ3v) is 3.25. The average molecular weight is 266 g/mol. The molecule has 106 valence electrons. The molecule has 0 saturated carbocycles. The Balaban J connectivity index is 2.18. The van der Waals surface area contributed by atoms with Gasteiger partial charge >= 0.3 is 0 Å². The maximum absolute atomic E-state index is 10.4. The van der Waals surface area contributed by atoms with E-state index < -0.39 is 6.10 Å². The highest BCUT2D eigenvalue weighted by atomic mass is 16.5. The number of ether oxygens (including phenoxy) is 3. The van der Waals surface area contributed by atoms with Crippen LogP contribution in [0.4, 0.5) is 0 Å². The van der Waals surface area contributed by atoms with Crippen LogP contribution in [0, 0.1) is 0 Å². The van der Waals surface area contributed by atoms with E-state index >= 15 is 0 Å².